The molecule has 1 fully saturated rings. The average molecular weight is 343 g/mol. The second kappa shape index (κ2) is 7.58. The fourth-order valence-electron chi connectivity index (χ4n) is 3.22. The Kier molecular flexibility index (Phi) is 5.25. The molecule has 4 atom stereocenters. The lowest BCUT2D eigenvalue weighted by Crippen LogP contribution is -2.45. The van der Waals surface area contributed by atoms with Crippen LogP contribution in [0.25, 0.3) is 0 Å². The van der Waals surface area contributed by atoms with Crippen molar-refractivity contribution in [1.29, 1.82) is 0 Å². The van der Waals surface area contributed by atoms with Crippen molar-refractivity contribution < 1.29 is 19.7 Å². The van der Waals surface area contributed by atoms with E-state index in [0.717, 1.165) is 16.9 Å². The Morgan fingerprint density at radius 2 is 1.92 bits per heavy atom. The number of carbonyl (C=O) groups is 1. The number of aliphatic hydroxyl groups is 2. The summed E-state index contributed by atoms with van der Waals surface area (Å²) in [6.45, 7) is 0. The number of hydrogen-bond donors (Lipinski definition) is 3. The molecule has 0 radical (unpaired) electrons. The minimum atomic E-state index is -1.02. The molecule has 1 aromatic heterocycles. The van der Waals surface area contributed by atoms with Gasteiger partial charge in [-0.05, 0) is 29.7 Å². The van der Waals surface area contributed by atoms with E-state index < -0.39 is 18.2 Å². The molecule has 0 spiro atoms. The van der Waals surface area contributed by atoms with E-state index in [1.807, 2.05) is 12.1 Å². The van der Waals surface area contributed by atoms with Gasteiger partial charge in [-0.1, -0.05) is 12.1 Å². The second-order valence-electron chi connectivity index (χ2n) is 6.19. The fraction of sp³-hybridized carbons (Fsp3) is 0.389. The Morgan fingerprint density at radius 3 is 2.56 bits per heavy atom. The van der Waals surface area contributed by atoms with Gasteiger partial charge in [0.1, 0.15) is 18.2 Å². The van der Waals surface area contributed by atoms with Crippen LogP contribution in [-0.4, -0.2) is 51.4 Å². The number of nitrogens with one attached hydrogen (secondary N) is 1. The highest BCUT2D eigenvalue weighted by molar-refractivity contribution is 5.79. The molecule has 0 aliphatic heterocycles. The summed E-state index contributed by atoms with van der Waals surface area (Å²) in [5.74, 6) is 0.277. The first-order chi connectivity index (χ1) is 12.1. The molecule has 1 aromatic carbocycles. The van der Waals surface area contributed by atoms with E-state index in [4.69, 9.17) is 4.74 Å². The number of nitrogens with zero attached hydrogens (tertiary/aromatic N) is 2. The predicted octanol–water partition coefficient (Wildman–Crippen LogP) is 0.422. The molecule has 1 saturated carbocycles. The molecular formula is C18H21N3O4. The quantitative estimate of drug-likeness (QED) is 0.727. The van der Waals surface area contributed by atoms with Crippen LogP contribution in [-0.2, 0) is 11.2 Å². The van der Waals surface area contributed by atoms with Gasteiger partial charge in [0.2, 0.25) is 5.91 Å². The molecule has 7 nitrogen and oxygen atoms in total. The van der Waals surface area contributed by atoms with Crippen molar-refractivity contribution in [2.75, 3.05) is 7.11 Å². The monoisotopic (exact) mass is 343 g/mol. The number of aromatic nitrogens is 2. The van der Waals surface area contributed by atoms with Gasteiger partial charge >= 0.3 is 0 Å². The maximum atomic E-state index is 12.4. The normalized spacial score (nSPS) is 25.6. The summed E-state index contributed by atoms with van der Waals surface area (Å²) in [4.78, 5) is 20.3. The van der Waals surface area contributed by atoms with Crippen molar-refractivity contribution in [3.8, 4) is 5.75 Å². The number of carbonyl (C=O) groups excluding carboxylic acids is 1. The highest BCUT2D eigenvalue weighted by atomic mass is 16.5. The zero-order valence-electron chi connectivity index (χ0n) is 13.9. The van der Waals surface area contributed by atoms with E-state index in [0.29, 0.717) is 6.42 Å². The van der Waals surface area contributed by atoms with Gasteiger partial charge in [-0.25, -0.2) is 9.97 Å². The van der Waals surface area contributed by atoms with E-state index in [9.17, 15) is 15.0 Å². The van der Waals surface area contributed by atoms with Gasteiger partial charge < -0.3 is 20.3 Å². The summed E-state index contributed by atoms with van der Waals surface area (Å²) in [5, 5.41) is 23.1. The third-order valence-corrected chi connectivity index (χ3v) is 4.55. The maximum absolute atomic E-state index is 12.4. The van der Waals surface area contributed by atoms with Crippen LogP contribution in [0.3, 0.4) is 0 Å². The molecule has 0 saturated heterocycles. The molecular weight excluding hydrogens is 322 g/mol. The zero-order valence-corrected chi connectivity index (χ0v) is 13.9. The van der Waals surface area contributed by atoms with Gasteiger partial charge in [-0.15, -0.1) is 0 Å². The third kappa shape index (κ3) is 3.94. The maximum Gasteiger partial charge on any atom is 0.224 e. The Bertz CT molecular complexity index is 708. The Hall–Kier alpha value is -2.51. The first-order valence-electron chi connectivity index (χ1n) is 8.12. The Morgan fingerprint density at radius 1 is 1.24 bits per heavy atom. The molecule has 132 valence electrons. The number of aliphatic hydroxyl groups excluding tert-OH is 2. The molecule has 1 amide bonds. The van der Waals surface area contributed by atoms with Gasteiger partial charge in [0, 0.05) is 18.3 Å². The highest BCUT2D eigenvalue weighted by Gasteiger charge is 2.43. The van der Waals surface area contributed by atoms with Gasteiger partial charge in [0.25, 0.3) is 0 Å². The van der Waals surface area contributed by atoms with E-state index in [2.05, 4.69) is 15.3 Å². The summed E-state index contributed by atoms with van der Waals surface area (Å²) < 4.78 is 5.10. The molecule has 1 aliphatic carbocycles. The van der Waals surface area contributed by atoms with Gasteiger partial charge in [0.15, 0.2) is 0 Å². The SMILES string of the molecule is COc1ccc(CC(=O)N[C@H]2[C@H](O)[C@H](O)C[C@@H]2c2cncnc2)cc1. The van der Waals surface area contributed by atoms with Gasteiger partial charge in [-0.3, -0.25) is 4.79 Å². The summed E-state index contributed by atoms with van der Waals surface area (Å²) in [5.41, 5.74) is 1.62. The van der Waals surface area contributed by atoms with E-state index in [-0.39, 0.29) is 18.2 Å². The van der Waals surface area contributed by atoms with Crippen molar-refractivity contribution in [3.05, 3.63) is 54.1 Å². The first kappa shape index (κ1) is 17.3. The lowest BCUT2D eigenvalue weighted by atomic mass is 9.95. The Balaban J connectivity index is 1.69. The molecule has 25 heavy (non-hydrogen) atoms. The molecule has 0 bridgehead atoms. The van der Waals surface area contributed by atoms with E-state index in [1.165, 1.54) is 6.33 Å². The van der Waals surface area contributed by atoms with Crippen LogP contribution >= 0.6 is 0 Å². The number of rotatable bonds is 5. The van der Waals surface area contributed by atoms with Gasteiger partial charge in [0.05, 0.1) is 25.7 Å². The van der Waals surface area contributed by atoms with Crippen LogP contribution in [0.4, 0.5) is 0 Å². The van der Waals surface area contributed by atoms with Crippen LogP contribution in [0.5, 0.6) is 5.75 Å². The lowest BCUT2D eigenvalue weighted by molar-refractivity contribution is -0.122. The Labute approximate surface area is 145 Å². The summed E-state index contributed by atoms with van der Waals surface area (Å²) >= 11 is 0. The number of hydrogen-bond acceptors (Lipinski definition) is 6. The highest BCUT2D eigenvalue weighted by Crippen LogP contribution is 2.34. The van der Waals surface area contributed by atoms with Crippen LogP contribution < -0.4 is 10.1 Å². The van der Waals surface area contributed by atoms with Crippen molar-refractivity contribution >= 4 is 5.91 Å². The molecule has 3 rings (SSSR count). The molecule has 0 unspecified atom stereocenters. The van der Waals surface area contributed by atoms with Crippen LogP contribution in [0.15, 0.2) is 43.0 Å². The first-order valence-corrected chi connectivity index (χ1v) is 8.12. The van der Waals surface area contributed by atoms with Crippen LogP contribution in [0.2, 0.25) is 0 Å². The minimum Gasteiger partial charge on any atom is -0.497 e. The topological polar surface area (TPSA) is 105 Å². The third-order valence-electron chi connectivity index (χ3n) is 4.55. The van der Waals surface area contributed by atoms with Crippen molar-refractivity contribution in [3.63, 3.8) is 0 Å². The summed E-state index contributed by atoms with van der Waals surface area (Å²) in [6, 6.07) is 6.65. The van der Waals surface area contributed by atoms with Crippen molar-refractivity contribution in [2.24, 2.45) is 0 Å². The number of ether oxygens (including phenoxy) is 1. The summed E-state index contributed by atoms with van der Waals surface area (Å²) in [7, 11) is 1.59. The smallest absolute Gasteiger partial charge is 0.224 e. The molecule has 1 aliphatic rings. The van der Waals surface area contributed by atoms with E-state index in [1.54, 1.807) is 31.6 Å². The molecule has 7 heteroatoms. The predicted molar refractivity (Wildman–Crippen MR) is 90.0 cm³/mol. The largest absolute Gasteiger partial charge is 0.497 e. The average Bonchev–Trinajstić information content (AvgIpc) is 2.91. The van der Waals surface area contributed by atoms with Crippen LogP contribution in [0, 0.1) is 0 Å². The molecule has 3 N–H and O–H groups in total. The van der Waals surface area contributed by atoms with E-state index >= 15 is 0 Å². The fourth-order valence-corrected chi connectivity index (χ4v) is 3.22. The summed E-state index contributed by atoms with van der Waals surface area (Å²) in [6.07, 6.45) is 3.32. The van der Waals surface area contributed by atoms with Crippen molar-refractivity contribution in [1.82, 2.24) is 15.3 Å². The molecule has 2 aromatic rings. The van der Waals surface area contributed by atoms with Crippen molar-refractivity contribution in [2.45, 2.75) is 37.0 Å². The van der Waals surface area contributed by atoms with Gasteiger partial charge in [-0.2, -0.15) is 0 Å². The second-order valence-corrected chi connectivity index (χ2v) is 6.19. The standard InChI is InChI=1S/C18H21N3O4/c1-25-13-4-2-11(3-5-13)6-16(23)21-17-14(7-15(22)18(17)24)12-8-19-10-20-9-12/h2-5,8-10,14-15,17-18,22,24H,6-7H2,1H3,(H,21,23)/t14-,15-,17-,18-/m1/s1. The minimum absolute atomic E-state index is 0.182. The molecule has 1 heterocycles. The lowest BCUT2D eigenvalue weighted by Gasteiger charge is -2.23. The number of amides is 1. The number of methoxy groups -OCH3 is 1. The zero-order chi connectivity index (χ0) is 17.8. The van der Waals surface area contributed by atoms with Crippen LogP contribution in [0.1, 0.15) is 23.5 Å². The number of benzene rings is 1.